The number of benzene rings is 1. The maximum atomic E-state index is 13.5. The third-order valence-electron chi connectivity index (χ3n) is 4.48. The van der Waals surface area contributed by atoms with Gasteiger partial charge in [-0.05, 0) is 5.56 Å². The molecule has 1 saturated heterocycles. The molecule has 3 N–H and O–H groups in total. The van der Waals surface area contributed by atoms with Crippen LogP contribution in [0.3, 0.4) is 0 Å². The minimum absolute atomic E-state index is 0.458. The van der Waals surface area contributed by atoms with Crippen LogP contribution in [0.5, 0.6) is 0 Å². The normalized spacial score (nSPS) is 25.0. The first-order valence-corrected chi connectivity index (χ1v) is 8.60. The van der Waals surface area contributed by atoms with Crippen LogP contribution in [0.25, 0.3) is 0 Å². The molecule has 11 heteroatoms. The summed E-state index contributed by atoms with van der Waals surface area (Å²) in [5, 5.41) is 20.3. The van der Waals surface area contributed by atoms with Crippen molar-refractivity contribution in [3.63, 3.8) is 0 Å². The number of carbonyl (C=O) groups excluding carboxylic acids is 1. The predicted molar refractivity (Wildman–Crippen MR) is 94.4 cm³/mol. The molecule has 0 spiro atoms. The molecule has 0 bridgehead atoms. The van der Waals surface area contributed by atoms with Gasteiger partial charge in [0.1, 0.15) is 24.9 Å². The van der Waals surface area contributed by atoms with Crippen LogP contribution in [0, 0.1) is 5.82 Å². The van der Waals surface area contributed by atoms with Crippen LogP contribution < -0.4 is 11.2 Å². The summed E-state index contributed by atoms with van der Waals surface area (Å²) >= 11 is 0. The molecule has 1 aliphatic rings. The molecule has 1 aliphatic heterocycles. The predicted octanol–water partition coefficient (Wildman–Crippen LogP) is -0.774. The Bertz CT molecular complexity index is 976. The number of H-pyrrole nitrogens is 1. The number of nitrogens with zero attached hydrogens (tertiary/aromatic N) is 1. The standard InChI is InChI=1S/C18H19FN2O8/c1-27-14(9-5-3-2-4-6-9)17(25)28-8-11-12(22)13(23)16(29-11)21-7-10(19)15(24)20-18(21)26/h2-7,11-14,16,22-23H,8H2,1H3,(H,20,24,26)/t11-,12?,13?,14?,16-/m0/s1. The van der Waals surface area contributed by atoms with Crippen LogP contribution >= 0.6 is 0 Å². The van der Waals surface area contributed by atoms with Crippen molar-refractivity contribution in [2.24, 2.45) is 0 Å². The lowest BCUT2D eigenvalue weighted by molar-refractivity contribution is -0.162. The topological polar surface area (TPSA) is 140 Å². The molecule has 1 aromatic heterocycles. The molecule has 1 fully saturated rings. The van der Waals surface area contributed by atoms with Gasteiger partial charge in [-0.25, -0.2) is 9.59 Å². The van der Waals surface area contributed by atoms with E-state index in [-0.39, 0.29) is 0 Å². The van der Waals surface area contributed by atoms with E-state index in [9.17, 15) is 29.0 Å². The maximum Gasteiger partial charge on any atom is 0.340 e. The SMILES string of the molecule is COC(C(=O)OC[C@@H]1O[C@H](n2cc(F)c(=O)[nH]c2=O)C(O)C1O)c1ccccc1. The van der Waals surface area contributed by atoms with E-state index in [2.05, 4.69) is 0 Å². The Morgan fingerprint density at radius 1 is 1.28 bits per heavy atom. The number of aromatic nitrogens is 2. The molecule has 0 saturated carbocycles. The number of halogens is 1. The Hall–Kier alpha value is -2.86. The summed E-state index contributed by atoms with van der Waals surface area (Å²) in [5.41, 5.74) is -1.70. The first-order chi connectivity index (χ1) is 13.8. The number of hydrogen-bond acceptors (Lipinski definition) is 8. The molecule has 2 heterocycles. The fraction of sp³-hybridized carbons (Fsp3) is 0.389. The van der Waals surface area contributed by atoms with Crippen molar-refractivity contribution >= 4 is 5.97 Å². The zero-order chi connectivity index (χ0) is 21.1. The van der Waals surface area contributed by atoms with Gasteiger partial charge in [0.25, 0.3) is 5.56 Å². The van der Waals surface area contributed by atoms with E-state index in [0.29, 0.717) is 16.3 Å². The summed E-state index contributed by atoms with van der Waals surface area (Å²) in [6.45, 7) is -0.458. The lowest BCUT2D eigenvalue weighted by atomic mass is 10.1. The molecule has 3 rings (SSSR count). The average molecular weight is 410 g/mol. The fourth-order valence-electron chi connectivity index (χ4n) is 2.98. The molecule has 0 radical (unpaired) electrons. The Balaban J connectivity index is 1.69. The molecular formula is C18H19FN2O8. The molecule has 10 nitrogen and oxygen atoms in total. The Morgan fingerprint density at radius 2 is 1.97 bits per heavy atom. The number of hydrogen-bond donors (Lipinski definition) is 3. The van der Waals surface area contributed by atoms with Crippen molar-refractivity contribution < 1.29 is 33.6 Å². The van der Waals surface area contributed by atoms with Crippen molar-refractivity contribution in [2.75, 3.05) is 13.7 Å². The fourth-order valence-corrected chi connectivity index (χ4v) is 2.98. The van der Waals surface area contributed by atoms with Gasteiger partial charge >= 0.3 is 11.7 Å². The van der Waals surface area contributed by atoms with Crippen molar-refractivity contribution in [2.45, 2.75) is 30.6 Å². The maximum absolute atomic E-state index is 13.5. The van der Waals surface area contributed by atoms with Crippen LogP contribution in [-0.2, 0) is 19.0 Å². The lowest BCUT2D eigenvalue weighted by Gasteiger charge is -2.18. The minimum atomic E-state index is -1.63. The molecule has 1 aromatic carbocycles. The molecule has 156 valence electrons. The second kappa shape index (κ2) is 8.66. The highest BCUT2D eigenvalue weighted by molar-refractivity contribution is 5.76. The Morgan fingerprint density at radius 3 is 2.62 bits per heavy atom. The van der Waals surface area contributed by atoms with Gasteiger partial charge in [0.05, 0.1) is 6.20 Å². The molecule has 29 heavy (non-hydrogen) atoms. The van der Waals surface area contributed by atoms with E-state index in [1.807, 2.05) is 0 Å². The molecule has 2 aromatic rings. The number of esters is 1. The van der Waals surface area contributed by atoms with Crippen LogP contribution in [0.4, 0.5) is 4.39 Å². The number of rotatable bonds is 6. The number of ether oxygens (including phenoxy) is 3. The zero-order valence-electron chi connectivity index (χ0n) is 15.2. The number of aromatic amines is 1. The average Bonchev–Trinajstić information content (AvgIpc) is 2.99. The minimum Gasteiger partial charge on any atom is -0.461 e. The summed E-state index contributed by atoms with van der Waals surface area (Å²) in [6.07, 6.45) is -6.30. The quantitative estimate of drug-likeness (QED) is 0.527. The van der Waals surface area contributed by atoms with Crippen molar-refractivity contribution in [1.82, 2.24) is 9.55 Å². The van der Waals surface area contributed by atoms with Gasteiger partial charge in [0, 0.05) is 7.11 Å². The van der Waals surface area contributed by atoms with Gasteiger partial charge in [-0.3, -0.25) is 14.3 Å². The lowest BCUT2D eigenvalue weighted by Crippen LogP contribution is -2.38. The van der Waals surface area contributed by atoms with Crippen LogP contribution in [-0.4, -0.2) is 57.8 Å². The molecule has 0 amide bonds. The highest BCUT2D eigenvalue weighted by Gasteiger charge is 2.45. The van der Waals surface area contributed by atoms with Crippen LogP contribution in [0.2, 0.25) is 0 Å². The van der Waals surface area contributed by atoms with E-state index in [4.69, 9.17) is 14.2 Å². The van der Waals surface area contributed by atoms with E-state index >= 15 is 0 Å². The van der Waals surface area contributed by atoms with Gasteiger partial charge in [0.2, 0.25) is 5.82 Å². The monoisotopic (exact) mass is 410 g/mol. The molecular weight excluding hydrogens is 391 g/mol. The van der Waals surface area contributed by atoms with Crippen molar-refractivity contribution in [3.8, 4) is 0 Å². The third-order valence-corrected chi connectivity index (χ3v) is 4.48. The van der Waals surface area contributed by atoms with Gasteiger partial charge in [-0.1, -0.05) is 30.3 Å². The largest absolute Gasteiger partial charge is 0.461 e. The summed E-state index contributed by atoms with van der Waals surface area (Å²) in [4.78, 5) is 37.0. The number of nitrogens with one attached hydrogen (secondary N) is 1. The summed E-state index contributed by atoms with van der Waals surface area (Å²) < 4.78 is 29.7. The van der Waals surface area contributed by atoms with E-state index in [0.717, 1.165) is 0 Å². The van der Waals surface area contributed by atoms with E-state index in [1.54, 1.807) is 35.3 Å². The second-order valence-corrected chi connectivity index (χ2v) is 6.35. The zero-order valence-corrected chi connectivity index (χ0v) is 15.2. The van der Waals surface area contributed by atoms with Crippen molar-refractivity contribution in [1.29, 1.82) is 0 Å². The number of carbonyl (C=O) groups is 1. The number of aliphatic hydroxyl groups is 2. The van der Waals surface area contributed by atoms with Gasteiger partial charge in [-0.15, -0.1) is 0 Å². The van der Waals surface area contributed by atoms with Crippen LogP contribution in [0.1, 0.15) is 17.9 Å². The van der Waals surface area contributed by atoms with E-state index in [1.165, 1.54) is 7.11 Å². The van der Waals surface area contributed by atoms with Gasteiger partial charge < -0.3 is 24.4 Å². The first kappa shape index (κ1) is 20.9. The summed E-state index contributed by atoms with van der Waals surface area (Å²) in [6, 6.07) is 8.56. The van der Waals surface area contributed by atoms with E-state index < -0.39 is 60.3 Å². The summed E-state index contributed by atoms with van der Waals surface area (Å²) in [5.74, 6) is -2.02. The third kappa shape index (κ3) is 4.27. The number of methoxy groups -OCH3 is 1. The second-order valence-electron chi connectivity index (χ2n) is 6.35. The van der Waals surface area contributed by atoms with Crippen LogP contribution in [0.15, 0.2) is 46.1 Å². The first-order valence-electron chi connectivity index (χ1n) is 8.60. The van der Waals surface area contributed by atoms with Crippen molar-refractivity contribution in [3.05, 3.63) is 68.7 Å². The highest BCUT2D eigenvalue weighted by atomic mass is 19.1. The van der Waals surface area contributed by atoms with Gasteiger partial charge in [-0.2, -0.15) is 4.39 Å². The molecule has 0 aliphatic carbocycles. The van der Waals surface area contributed by atoms with Gasteiger partial charge in [0.15, 0.2) is 12.3 Å². The Kier molecular flexibility index (Phi) is 6.23. The molecule has 5 atom stereocenters. The smallest absolute Gasteiger partial charge is 0.340 e. The highest BCUT2D eigenvalue weighted by Crippen LogP contribution is 2.29. The summed E-state index contributed by atoms with van der Waals surface area (Å²) in [7, 11) is 1.33. The number of aliphatic hydroxyl groups excluding tert-OH is 2. The Labute approximate surface area is 163 Å². The molecule has 3 unspecified atom stereocenters.